The van der Waals surface area contributed by atoms with Gasteiger partial charge in [0.1, 0.15) is 11.5 Å². The molecule has 0 aliphatic carbocycles. The smallest absolute Gasteiger partial charge is 0.121 e. The van der Waals surface area contributed by atoms with E-state index in [9.17, 15) is 0 Å². The van der Waals surface area contributed by atoms with Crippen molar-refractivity contribution in [3.8, 4) is 0 Å². The minimum absolute atomic E-state index is 0.185. The van der Waals surface area contributed by atoms with Gasteiger partial charge in [-0.1, -0.05) is 6.92 Å². The van der Waals surface area contributed by atoms with Gasteiger partial charge in [0.05, 0.1) is 11.7 Å². The highest BCUT2D eigenvalue weighted by molar-refractivity contribution is 5.13. The summed E-state index contributed by atoms with van der Waals surface area (Å²) in [6.07, 6.45) is 3.73. The van der Waals surface area contributed by atoms with Gasteiger partial charge >= 0.3 is 0 Å². The fourth-order valence-corrected chi connectivity index (χ4v) is 1.90. The fourth-order valence-electron chi connectivity index (χ4n) is 1.90. The molecule has 2 rings (SSSR count). The second-order valence-electron chi connectivity index (χ2n) is 4.18. The molecule has 2 aromatic rings. The Morgan fingerprint density at radius 1 is 1.41 bits per heavy atom. The van der Waals surface area contributed by atoms with E-state index >= 15 is 0 Å². The summed E-state index contributed by atoms with van der Waals surface area (Å²) in [4.78, 5) is 0. The third-order valence-electron chi connectivity index (χ3n) is 2.90. The molecule has 0 spiro atoms. The van der Waals surface area contributed by atoms with Crippen molar-refractivity contribution in [3.63, 3.8) is 0 Å². The lowest BCUT2D eigenvalue weighted by molar-refractivity contribution is 0.404. The predicted octanol–water partition coefficient (Wildman–Crippen LogP) is 2.08. The third-order valence-corrected chi connectivity index (χ3v) is 2.90. The summed E-state index contributed by atoms with van der Waals surface area (Å²) in [7, 11) is 3.88. The molecule has 1 N–H and O–H groups in total. The highest BCUT2D eigenvalue weighted by atomic mass is 16.3. The van der Waals surface area contributed by atoms with Crippen LogP contribution in [0.4, 0.5) is 0 Å². The number of nitrogens with one attached hydrogen (secondary N) is 1. The Balaban J connectivity index is 2.10. The Kier molecular flexibility index (Phi) is 3.64. The van der Waals surface area contributed by atoms with Crippen molar-refractivity contribution >= 4 is 0 Å². The lowest BCUT2D eigenvalue weighted by Gasteiger charge is -2.11. The first kappa shape index (κ1) is 11.9. The van der Waals surface area contributed by atoms with Gasteiger partial charge in [0.2, 0.25) is 0 Å². The third kappa shape index (κ3) is 2.77. The zero-order valence-electron chi connectivity index (χ0n) is 10.6. The quantitative estimate of drug-likeness (QED) is 0.859. The molecule has 0 bridgehead atoms. The molecule has 2 heterocycles. The molecule has 4 heteroatoms. The molecular weight excluding hydrogens is 214 g/mol. The molecular formula is C13H19N3O. The van der Waals surface area contributed by atoms with Crippen LogP contribution in [0.2, 0.25) is 0 Å². The van der Waals surface area contributed by atoms with E-state index in [0.29, 0.717) is 0 Å². The fraction of sp³-hybridized carbons (Fsp3) is 0.462. The van der Waals surface area contributed by atoms with Crippen LogP contribution in [-0.4, -0.2) is 16.8 Å². The summed E-state index contributed by atoms with van der Waals surface area (Å²) < 4.78 is 7.59. The standard InChI is InChI=1S/C13H19N3O/c1-4-11-5-6-13(17-11)12(14-2)9-10-7-8-16(3)15-10/h5-8,12,14H,4,9H2,1-3H3. The van der Waals surface area contributed by atoms with E-state index in [1.165, 1.54) is 0 Å². The van der Waals surface area contributed by atoms with Gasteiger partial charge in [0.15, 0.2) is 0 Å². The molecule has 92 valence electrons. The van der Waals surface area contributed by atoms with Crippen LogP contribution in [0, 0.1) is 0 Å². The lowest BCUT2D eigenvalue weighted by Crippen LogP contribution is -2.18. The number of hydrogen-bond donors (Lipinski definition) is 1. The van der Waals surface area contributed by atoms with Gasteiger partial charge in [0, 0.05) is 26.1 Å². The Morgan fingerprint density at radius 2 is 2.24 bits per heavy atom. The van der Waals surface area contributed by atoms with Gasteiger partial charge in [-0.05, 0) is 25.2 Å². The molecule has 4 nitrogen and oxygen atoms in total. The maximum absolute atomic E-state index is 5.77. The van der Waals surface area contributed by atoms with E-state index in [4.69, 9.17) is 4.42 Å². The van der Waals surface area contributed by atoms with E-state index < -0.39 is 0 Å². The number of likely N-dealkylation sites (N-methyl/N-ethyl adjacent to an activating group) is 1. The SMILES string of the molecule is CCc1ccc(C(Cc2ccn(C)n2)NC)o1. The Labute approximate surface area is 102 Å². The average molecular weight is 233 g/mol. The monoisotopic (exact) mass is 233 g/mol. The van der Waals surface area contributed by atoms with Crippen LogP contribution in [0.15, 0.2) is 28.8 Å². The maximum Gasteiger partial charge on any atom is 0.121 e. The van der Waals surface area contributed by atoms with E-state index in [-0.39, 0.29) is 6.04 Å². The van der Waals surface area contributed by atoms with Crippen molar-refractivity contribution in [1.82, 2.24) is 15.1 Å². The van der Waals surface area contributed by atoms with Crippen LogP contribution < -0.4 is 5.32 Å². The van der Waals surface area contributed by atoms with Crippen molar-refractivity contribution in [2.75, 3.05) is 7.05 Å². The van der Waals surface area contributed by atoms with Crippen LogP contribution in [0.5, 0.6) is 0 Å². The van der Waals surface area contributed by atoms with Gasteiger partial charge in [-0.3, -0.25) is 4.68 Å². The highest BCUT2D eigenvalue weighted by Gasteiger charge is 2.15. The number of nitrogens with zero attached hydrogens (tertiary/aromatic N) is 2. The minimum Gasteiger partial charge on any atom is -0.464 e. The zero-order chi connectivity index (χ0) is 12.3. The second kappa shape index (κ2) is 5.19. The number of aromatic nitrogens is 2. The van der Waals surface area contributed by atoms with E-state index in [0.717, 1.165) is 30.1 Å². The summed E-state index contributed by atoms with van der Waals surface area (Å²) >= 11 is 0. The maximum atomic E-state index is 5.77. The predicted molar refractivity (Wildman–Crippen MR) is 66.8 cm³/mol. The van der Waals surface area contributed by atoms with Crippen molar-refractivity contribution in [2.24, 2.45) is 7.05 Å². The minimum atomic E-state index is 0.185. The van der Waals surface area contributed by atoms with Gasteiger partial charge < -0.3 is 9.73 Å². The van der Waals surface area contributed by atoms with E-state index in [1.807, 2.05) is 43.2 Å². The topological polar surface area (TPSA) is 43.0 Å². The van der Waals surface area contributed by atoms with Crippen LogP contribution >= 0.6 is 0 Å². The summed E-state index contributed by atoms with van der Waals surface area (Å²) in [5, 5.41) is 7.66. The molecule has 0 amide bonds. The van der Waals surface area contributed by atoms with Crippen LogP contribution in [0.25, 0.3) is 0 Å². The van der Waals surface area contributed by atoms with Crippen LogP contribution in [0.3, 0.4) is 0 Å². The van der Waals surface area contributed by atoms with Crippen molar-refractivity contribution in [2.45, 2.75) is 25.8 Å². The first-order valence-corrected chi connectivity index (χ1v) is 5.97. The van der Waals surface area contributed by atoms with Crippen molar-refractivity contribution in [1.29, 1.82) is 0 Å². The molecule has 2 aromatic heterocycles. The Morgan fingerprint density at radius 3 is 2.76 bits per heavy atom. The van der Waals surface area contributed by atoms with Crippen molar-refractivity contribution in [3.05, 3.63) is 41.6 Å². The first-order valence-electron chi connectivity index (χ1n) is 5.97. The summed E-state index contributed by atoms with van der Waals surface area (Å²) in [5.41, 5.74) is 1.07. The van der Waals surface area contributed by atoms with Gasteiger partial charge in [0.25, 0.3) is 0 Å². The van der Waals surface area contributed by atoms with E-state index in [1.54, 1.807) is 0 Å². The number of aryl methyl sites for hydroxylation is 2. The molecule has 1 atom stereocenters. The molecule has 0 aromatic carbocycles. The normalized spacial score (nSPS) is 12.9. The Hall–Kier alpha value is -1.55. The molecule has 0 fully saturated rings. The molecule has 0 saturated carbocycles. The molecule has 1 unspecified atom stereocenters. The lowest BCUT2D eigenvalue weighted by atomic mass is 10.1. The molecule has 0 radical (unpaired) electrons. The highest BCUT2D eigenvalue weighted by Crippen LogP contribution is 2.20. The molecule has 17 heavy (non-hydrogen) atoms. The zero-order valence-corrected chi connectivity index (χ0v) is 10.6. The largest absolute Gasteiger partial charge is 0.464 e. The first-order chi connectivity index (χ1) is 8.22. The van der Waals surface area contributed by atoms with Crippen LogP contribution in [0.1, 0.15) is 30.2 Å². The number of rotatable bonds is 5. The summed E-state index contributed by atoms with van der Waals surface area (Å²) in [5.74, 6) is 2.01. The summed E-state index contributed by atoms with van der Waals surface area (Å²) in [6, 6.07) is 6.31. The average Bonchev–Trinajstić information content (AvgIpc) is 2.94. The number of hydrogen-bond acceptors (Lipinski definition) is 3. The van der Waals surface area contributed by atoms with Crippen molar-refractivity contribution < 1.29 is 4.42 Å². The molecule has 0 saturated heterocycles. The summed E-state index contributed by atoms with van der Waals surface area (Å²) in [6.45, 7) is 2.09. The van der Waals surface area contributed by atoms with Gasteiger partial charge in [-0.15, -0.1) is 0 Å². The van der Waals surface area contributed by atoms with Gasteiger partial charge in [-0.25, -0.2) is 0 Å². The van der Waals surface area contributed by atoms with E-state index in [2.05, 4.69) is 17.3 Å². The molecule has 0 aliphatic rings. The van der Waals surface area contributed by atoms with Gasteiger partial charge in [-0.2, -0.15) is 5.10 Å². The Bertz CT molecular complexity index is 472. The second-order valence-corrected chi connectivity index (χ2v) is 4.18. The molecule has 0 aliphatic heterocycles. The van der Waals surface area contributed by atoms with Crippen LogP contribution in [-0.2, 0) is 19.9 Å². The number of furan rings is 1.